The lowest BCUT2D eigenvalue weighted by Crippen LogP contribution is -2.31. The largest absolute Gasteiger partial charge is 0.480 e. The third-order valence-corrected chi connectivity index (χ3v) is 4.39. The van der Waals surface area contributed by atoms with Crippen molar-refractivity contribution in [1.82, 2.24) is 4.31 Å². The molecule has 0 heterocycles. The second-order valence-corrected chi connectivity index (χ2v) is 5.89. The Morgan fingerprint density at radius 1 is 1.45 bits per heavy atom. The quantitative estimate of drug-likeness (QED) is 0.724. The fourth-order valence-electron chi connectivity index (χ4n) is 1.42. The Labute approximate surface area is 117 Å². The minimum Gasteiger partial charge on any atom is -0.480 e. The maximum absolute atomic E-state index is 12.2. The Morgan fingerprint density at radius 3 is 2.70 bits per heavy atom. The van der Waals surface area contributed by atoms with E-state index >= 15 is 0 Å². The summed E-state index contributed by atoms with van der Waals surface area (Å²) in [7, 11) is -2.46. The molecule has 0 spiro atoms. The lowest BCUT2D eigenvalue weighted by molar-refractivity contribution is -0.142. The Hall–Kier alpha value is -1.95. The summed E-state index contributed by atoms with van der Waals surface area (Å²) in [6.45, 7) is -0.533. The van der Waals surface area contributed by atoms with E-state index in [2.05, 4.69) is 0 Å². The molecule has 1 aromatic carbocycles. The topological polar surface area (TPSA) is 108 Å². The summed E-state index contributed by atoms with van der Waals surface area (Å²) in [4.78, 5) is 10.2. The molecule has 0 aliphatic carbocycles. The molecule has 1 aromatic rings. The van der Waals surface area contributed by atoms with Gasteiger partial charge in [-0.15, -0.1) is 0 Å². The molecule has 20 heavy (non-hydrogen) atoms. The second kappa shape index (κ2) is 7.00. The van der Waals surface area contributed by atoms with Gasteiger partial charge in [0.15, 0.2) is 0 Å². The van der Waals surface area contributed by atoms with Gasteiger partial charge in [-0.3, -0.25) is 0 Å². The Bertz CT molecular complexity index is 621. The fraction of sp³-hybridized carbons (Fsp3) is 0.333. The maximum atomic E-state index is 12.2. The molecule has 0 aromatic heterocycles. The van der Waals surface area contributed by atoms with Crippen LogP contribution in [0.5, 0.6) is 0 Å². The number of sulfonamides is 1. The van der Waals surface area contributed by atoms with Gasteiger partial charge in [-0.2, -0.15) is 9.57 Å². The van der Waals surface area contributed by atoms with Crippen LogP contribution in [-0.4, -0.2) is 50.6 Å². The number of aliphatic carboxylic acids is 1. The zero-order chi connectivity index (χ0) is 15.2. The molecule has 0 bridgehead atoms. The van der Waals surface area contributed by atoms with Gasteiger partial charge in [0.05, 0.1) is 17.1 Å². The van der Waals surface area contributed by atoms with Gasteiger partial charge in [0.2, 0.25) is 10.0 Å². The number of hydrogen-bond acceptors (Lipinski definition) is 5. The van der Waals surface area contributed by atoms with Crippen molar-refractivity contribution in [2.45, 2.75) is 4.90 Å². The molecular formula is C12H14N2O5S. The van der Waals surface area contributed by atoms with E-state index in [9.17, 15) is 13.2 Å². The van der Waals surface area contributed by atoms with Crippen LogP contribution in [0.25, 0.3) is 0 Å². The molecule has 0 radical (unpaired) electrons. The van der Waals surface area contributed by atoms with Gasteiger partial charge < -0.3 is 9.84 Å². The van der Waals surface area contributed by atoms with Crippen molar-refractivity contribution in [2.75, 3.05) is 26.8 Å². The van der Waals surface area contributed by atoms with Crippen LogP contribution in [0, 0.1) is 11.3 Å². The number of benzene rings is 1. The van der Waals surface area contributed by atoms with Crippen molar-refractivity contribution in [2.24, 2.45) is 0 Å². The molecule has 0 aliphatic rings. The summed E-state index contributed by atoms with van der Waals surface area (Å²) in [5.41, 5.74) is 0.0609. The van der Waals surface area contributed by atoms with Gasteiger partial charge in [-0.1, -0.05) is 12.1 Å². The molecule has 1 rings (SSSR count). The van der Waals surface area contributed by atoms with Crippen LogP contribution in [0.2, 0.25) is 0 Å². The molecule has 7 nitrogen and oxygen atoms in total. The molecule has 1 N–H and O–H groups in total. The predicted octanol–water partition coefficient (Wildman–Crippen LogP) is 0.280. The normalized spacial score (nSPS) is 11.2. The number of rotatable bonds is 7. The van der Waals surface area contributed by atoms with Gasteiger partial charge in [-0.25, -0.2) is 13.2 Å². The van der Waals surface area contributed by atoms with Gasteiger partial charge in [-0.05, 0) is 12.1 Å². The summed E-state index contributed by atoms with van der Waals surface area (Å²) < 4.78 is 30.3. The first-order chi connectivity index (χ1) is 9.39. The molecule has 0 saturated carbocycles. The fourth-order valence-corrected chi connectivity index (χ4v) is 2.72. The molecule has 0 unspecified atom stereocenters. The van der Waals surface area contributed by atoms with E-state index in [1.165, 1.54) is 25.2 Å². The molecule has 0 fully saturated rings. The molecule has 0 atom stereocenters. The van der Waals surface area contributed by atoms with E-state index < -0.39 is 22.6 Å². The number of hydrogen-bond donors (Lipinski definition) is 1. The van der Waals surface area contributed by atoms with Crippen molar-refractivity contribution in [3.05, 3.63) is 29.8 Å². The van der Waals surface area contributed by atoms with Gasteiger partial charge in [0.25, 0.3) is 0 Å². The minimum atomic E-state index is -3.80. The number of carbonyl (C=O) groups is 1. The van der Waals surface area contributed by atoms with Gasteiger partial charge in [0, 0.05) is 13.6 Å². The zero-order valence-electron chi connectivity index (χ0n) is 10.8. The monoisotopic (exact) mass is 298 g/mol. The van der Waals surface area contributed by atoms with E-state index in [0.29, 0.717) is 0 Å². The van der Waals surface area contributed by atoms with Crippen molar-refractivity contribution in [3.63, 3.8) is 0 Å². The van der Waals surface area contributed by atoms with Crippen molar-refractivity contribution >= 4 is 16.0 Å². The van der Waals surface area contributed by atoms with Crippen molar-refractivity contribution < 1.29 is 23.1 Å². The number of nitrogens with zero attached hydrogens (tertiary/aromatic N) is 2. The Balaban J connectivity index is 2.78. The second-order valence-electron chi connectivity index (χ2n) is 3.88. The molecule has 0 saturated heterocycles. The van der Waals surface area contributed by atoms with E-state index in [0.717, 1.165) is 4.31 Å². The van der Waals surface area contributed by atoms with Crippen LogP contribution < -0.4 is 0 Å². The first kappa shape index (κ1) is 16.1. The van der Waals surface area contributed by atoms with Crippen LogP contribution in [0.1, 0.15) is 5.56 Å². The van der Waals surface area contributed by atoms with Crippen molar-refractivity contribution in [3.8, 4) is 6.07 Å². The third kappa shape index (κ3) is 4.03. The van der Waals surface area contributed by atoms with Gasteiger partial charge in [0.1, 0.15) is 12.7 Å². The minimum absolute atomic E-state index is 0.00459. The number of nitriles is 1. The van der Waals surface area contributed by atoms with Crippen LogP contribution >= 0.6 is 0 Å². The van der Waals surface area contributed by atoms with Crippen LogP contribution in [0.4, 0.5) is 0 Å². The highest BCUT2D eigenvalue weighted by molar-refractivity contribution is 7.89. The summed E-state index contributed by atoms with van der Waals surface area (Å²) in [6.07, 6.45) is 0. The molecule has 0 amide bonds. The van der Waals surface area contributed by atoms with Gasteiger partial charge >= 0.3 is 5.97 Å². The highest BCUT2D eigenvalue weighted by Gasteiger charge is 2.23. The summed E-state index contributed by atoms with van der Waals surface area (Å²) in [6, 6.07) is 7.70. The standard InChI is InChI=1S/C12H14N2O5S/c1-14(6-7-19-9-12(15)16)20(17,18)11-5-3-2-4-10(11)8-13/h2-5H,6-7,9H2,1H3,(H,15,16). The molecule has 8 heteroatoms. The Morgan fingerprint density at radius 2 is 2.10 bits per heavy atom. The van der Waals surface area contributed by atoms with Crippen molar-refractivity contribution in [1.29, 1.82) is 5.26 Å². The van der Waals surface area contributed by atoms with Crippen LogP contribution in [0.15, 0.2) is 29.2 Å². The first-order valence-corrected chi connectivity index (χ1v) is 7.08. The first-order valence-electron chi connectivity index (χ1n) is 5.64. The zero-order valence-corrected chi connectivity index (χ0v) is 11.6. The summed E-state index contributed by atoms with van der Waals surface area (Å²) >= 11 is 0. The lowest BCUT2D eigenvalue weighted by Gasteiger charge is -2.17. The van der Waals surface area contributed by atoms with E-state index in [4.69, 9.17) is 15.1 Å². The molecular weight excluding hydrogens is 284 g/mol. The Kier molecular flexibility index (Phi) is 5.64. The maximum Gasteiger partial charge on any atom is 0.329 e. The van der Waals surface area contributed by atoms with Crippen LogP contribution in [0.3, 0.4) is 0 Å². The average molecular weight is 298 g/mol. The van der Waals surface area contributed by atoms with E-state index in [-0.39, 0.29) is 23.6 Å². The number of carboxylic acid groups (broad SMARTS) is 1. The molecule has 108 valence electrons. The third-order valence-electron chi connectivity index (χ3n) is 2.47. The SMILES string of the molecule is CN(CCOCC(=O)O)S(=O)(=O)c1ccccc1C#N. The summed E-state index contributed by atoms with van der Waals surface area (Å²) in [5.74, 6) is -1.12. The van der Waals surface area contributed by atoms with Crippen LogP contribution in [-0.2, 0) is 19.6 Å². The lowest BCUT2D eigenvalue weighted by atomic mass is 10.2. The highest BCUT2D eigenvalue weighted by Crippen LogP contribution is 2.18. The molecule has 0 aliphatic heterocycles. The number of likely N-dealkylation sites (N-methyl/N-ethyl adjacent to an activating group) is 1. The van der Waals surface area contributed by atoms with E-state index in [1.807, 2.05) is 6.07 Å². The highest BCUT2D eigenvalue weighted by atomic mass is 32.2. The summed E-state index contributed by atoms with van der Waals surface area (Å²) in [5, 5.41) is 17.3. The number of ether oxygens (including phenoxy) is 1. The smallest absolute Gasteiger partial charge is 0.329 e. The van der Waals surface area contributed by atoms with E-state index in [1.54, 1.807) is 6.07 Å². The average Bonchev–Trinajstić information content (AvgIpc) is 2.42. The predicted molar refractivity (Wildman–Crippen MR) is 69.4 cm³/mol. The number of carboxylic acids is 1.